The SMILES string of the molecule is CNC(=O)C(=O)[C@@H](N)CCC(N)=O. The summed E-state index contributed by atoms with van der Waals surface area (Å²) in [5.41, 5.74) is 10.2. The van der Waals surface area contributed by atoms with Gasteiger partial charge in [-0.15, -0.1) is 0 Å². The molecule has 0 radical (unpaired) electrons. The van der Waals surface area contributed by atoms with Crippen molar-refractivity contribution < 1.29 is 14.4 Å². The predicted molar refractivity (Wildman–Crippen MR) is 45.5 cm³/mol. The van der Waals surface area contributed by atoms with Crippen LogP contribution in [0.25, 0.3) is 0 Å². The van der Waals surface area contributed by atoms with E-state index in [2.05, 4.69) is 5.32 Å². The molecule has 5 N–H and O–H groups in total. The number of carbonyl (C=O) groups is 3. The van der Waals surface area contributed by atoms with Crippen molar-refractivity contribution in [3.63, 3.8) is 0 Å². The van der Waals surface area contributed by atoms with Crippen molar-refractivity contribution in [2.24, 2.45) is 11.5 Å². The van der Waals surface area contributed by atoms with Gasteiger partial charge in [-0.2, -0.15) is 0 Å². The van der Waals surface area contributed by atoms with Crippen molar-refractivity contribution in [2.75, 3.05) is 7.05 Å². The van der Waals surface area contributed by atoms with Crippen LogP contribution in [0.15, 0.2) is 0 Å². The number of likely N-dealkylation sites (N-methyl/N-ethyl adjacent to an activating group) is 1. The number of hydrogen-bond donors (Lipinski definition) is 3. The van der Waals surface area contributed by atoms with Crippen molar-refractivity contribution >= 4 is 17.6 Å². The van der Waals surface area contributed by atoms with Gasteiger partial charge in [0, 0.05) is 13.5 Å². The molecule has 0 saturated carbocycles. The first kappa shape index (κ1) is 11.6. The fourth-order valence-corrected chi connectivity index (χ4v) is 0.720. The lowest BCUT2D eigenvalue weighted by molar-refractivity contribution is -0.138. The van der Waals surface area contributed by atoms with Crippen molar-refractivity contribution in [1.29, 1.82) is 0 Å². The van der Waals surface area contributed by atoms with E-state index >= 15 is 0 Å². The minimum absolute atomic E-state index is 0.00387. The van der Waals surface area contributed by atoms with Gasteiger partial charge in [-0.25, -0.2) is 0 Å². The van der Waals surface area contributed by atoms with Gasteiger partial charge in [0.1, 0.15) is 0 Å². The Hall–Kier alpha value is -1.43. The molecule has 13 heavy (non-hydrogen) atoms. The van der Waals surface area contributed by atoms with E-state index in [-0.39, 0.29) is 12.8 Å². The summed E-state index contributed by atoms with van der Waals surface area (Å²) in [4.78, 5) is 32.1. The molecule has 6 nitrogen and oxygen atoms in total. The van der Waals surface area contributed by atoms with Crippen LogP contribution >= 0.6 is 0 Å². The van der Waals surface area contributed by atoms with E-state index < -0.39 is 23.6 Å². The van der Waals surface area contributed by atoms with Crippen LogP contribution in [0.5, 0.6) is 0 Å². The van der Waals surface area contributed by atoms with Crippen LogP contribution in [-0.2, 0) is 14.4 Å². The van der Waals surface area contributed by atoms with Crippen molar-refractivity contribution in [3.8, 4) is 0 Å². The van der Waals surface area contributed by atoms with Gasteiger partial charge < -0.3 is 16.8 Å². The zero-order chi connectivity index (χ0) is 10.4. The maximum Gasteiger partial charge on any atom is 0.288 e. The van der Waals surface area contributed by atoms with E-state index in [0.717, 1.165) is 0 Å². The van der Waals surface area contributed by atoms with E-state index in [1.165, 1.54) is 7.05 Å². The van der Waals surface area contributed by atoms with Crippen LogP contribution in [0, 0.1) is 0 Å². The van der Waals surface area contributed by atoms with Gasteiger partial charge in [-0.1, -0.05) is 0 Å². The fourth-order valence-electron chi connectivity index (χ4n) is 0.720. The predicted octanol–water partition coefficient (Wildman–Crippen LogP) is -2.11. The second-order valence-corrected chi connectivity index (χ2v) is 2.55. The van der Waals surface area contributed by atoms with Gasteiger partial charge in [0.05, 0.1) is 6.04 Å². The topological polar surface area (TPSA) is 115 Å². The summed E-state index contributed by atoms with van der Waals surface area (Å²) >= 11 is 0. The van der Waals surface area contributed by atoms with E-state index in [9.17, 15) is 14.4 Å². The summed E-state index contributed by atoms with van der Waals surface area (Å²) in [6.45, 7) is 0. The number of amides is 2. The molecule has 0 aromatic carbocycles. The van der Waals surface area contributed by atoms with Crippen molar-refractivity contribution in [3.05, 3.63) is 0 Å². The molecule has 0 rings (SSSR count). The van der Waals surface area contributed by atoms with Gasteiger partial charge >= 0.3 is 0 Å². The zero-order valence-electron chi connectivity index (χ0n) is 7.37. The Morgan fingerprint density at radius 3 is 2.31 bits per heavy atom. The molecule has 0 unspecified atom stereocenters. The normalized spacial score (nSPS) is 11.8. The molecular weight excluding hydrogens is 174 g/mol. The van der Waals surface area contributed by atoms with E-state index in [4.69, 9.17) is 11.5 Å². The zero-order valence-corrected chi connectivity index (χ0v) is 7.37. The number of carbonyl (C=O) groups excluding carboxylic acids is 3. The molecule has 0 fully saturated rings. The molecule has 74 valence electrons. The molecule has 0 bridgehead atoms. The molecule has 0 aliphatic carbocycles. The first-order valence-corrected chi connectivity index (χ1v) is 3.78. The van der Waals surface area contributed by atoms with Crippen LogP contribution in [-0.4, -0.2) is 30.7 Å². The van der Waals surface area contributed by atoms with E-state index in [0.29, 0.717) is 0 Å². The average Bonchev–Trinajstić information content (AvgIpc) is 2.11. The lowest BCUT2D eigenvalue weighted by Gasteiger charge is -2.07. The highest BCUT2D eigenvalue weighted by Gasteiger charge is 2.20. The third-order valence-corrected chi connectivity index (χ3v) is 1.49. The highest BCUT2D eigenvalue weighted by molar-refractivity contribution is 6.38. The number of primary amides is 1. The third-order valence-electron chi connectivity index (χ3n) is 1.49. The Labute approximate surface area is 75.6 Å². The first-order chi connectivity index (χ1) is 5.99. The summed E-state index contributed by atoms with van der Waals surface area (Å²) in [7, 11) is 1.33. The Morgan fingerprint density at radius 1 is 1.38 bits per heavy atom. The molecule has 0 aliphatic heterocycles. The molecule has 0 aromatic rings. The first-order valence-electron chi connectivity index (χ1n) is 3.78. The van der Waals surface area contributed by atoms with Crippen molar-refractivity contribution in [2.45, 2.75) is 18.9 Å². The lowest BCUT2D eigenvalue weighted by atomic mass is 10.1. The molecule has 0 saturated heterocycles. The molecule has 0 aromatic heterocycles. The summed E-state index contributed by atoms with van der Waals surface area (Å²) in [6.07, 6.45) is 0.103. The summed E-state index contributed by atoms with van der Waals surface area (Å²) in [5, 5.41) is 2.15. The number of rotatable bonds is 5. The molecule has 0 aliphatic rings. The largest absolute Gasteiger partial charge is 0.370 e. The highest BCUT2D eigenvalue weighted by atomic mass is 16.2. The number of hydrogen-bond acceptors (Lipinski definition) is 4. The van der Waals surface area contributed by atoms with E-state index in [1.54, 1.807) is 0 Å². The molecule has 6 heteroatoms. The average molecular weight is 187 g/mol. The van der Waals surface area contributed by atoms with Gasteiger partial charge in [0.25, 0.3) is 5.91 Å². The van der Waals surface area contributed by atoms with Crippen LogP contribution in [0.3, 0.4) is 0 Å². The number of nitrogens with one attached hydrogen (secondary N) is 1. The summed E-state index contributed by atoms with van der Waals surface area (Å²) < 4.78 is 0. The van der Waals surface area contributed by atoms with Crippen LogP contribution in [0.4, 0.5) is 0 Å². The Morgan fingerprint density at radius 2 is 1.92 bits per heavy atom. The maximum absolute atomic E-state index is 11.0. The van der Waals surface area contributed by atoms with Gasteiger partial charge in [-0.05, 0) is 6.42 Å². The molecule has 2 amide bonds. The molecular formula is C7H13N3O3. The van der Waals surface area contributed by atoms with Gasteiger partial charge in [-0.3, -0.25) is 14.4 Å². The van der Waals surface area contributed by atoms with Gasteiger partial charge in [0.15, 0.2) is 0 Å². The Bertz CT molecular complexity index is 227. The quantitative estimate of drug-likeness (QED) is 0.427. The summed E-state index contributed by atoms with van der Waals surface area (Å²) in [6, 6.07) is -0.951. The Balaban J connectivity index is 3.96. The highest BCUT2D eigenvalue weighted by Crippen LogP contribution is 1.95. The standard InChI is InChI=1S/C7H13N3O3/c1-10-7(13)6(12)4(8)2-3-5(9)11/h4H,2-3,8H2,1H3,(H2,9,11)(H,10,13)/t4-/m0/s1. The Kier molecular flexibility index (Phi) is 4.68. The summed E-state index contributed by atoms with van der Waals surface area (Å²) in [5.74, 6) is -2.03. The van der Waals surface area contributed by atoms with Crippen molar-refractivity contribution in [1.82, 2.24) is 5.32 Å². The van der Waals surface area contributed by atoms with E-state index in [1.807, 2.05) is 0 Å². The smallest absolute Gasteiger partial charge is 0.288 e. The molecule has 0 spiro atoms. The fraction of sp³-hybridized carbons (Fsp3) is 0.571. The second-order valence-electron chi connectivity index (χ2n) is 2.55. The minimum atomic E-state index is -0.951. The monoisotopic (exact) mass is 187 g/mol. The third kappa shape index (κ3) is 4.22. The lowest BCUT2D eigenvalue weighted by Crippen LogP contribution is -2.41. The molecule has 0 heterocycles. The molecule has 1 atom stereocenters. The number of Topliss-reactive ketones (excluding diaryl/α,β-unsaturated/α-hetero) is 1. The number of nitrogens with two attached hydrogens (primary N) is 2. The van der Waals surface area contributed by atoms with Crippen LogP contribution < -0.4 is 16.8 Å². The second kappa shape index (κ2) is 5.26. The van der Waals surface area contributed by atoms with Gasteiger partial charge in [0.2, 0.25) is 11.7 Å². The minimum Gasteiger partial charge on any atom is -0.370 e. The van der Waals surface area contributed by atoms with Crippen LogP contribution in [0.1, 0.15) is 12.8 Å². The van der Waals surface area contributed by atoms with Crippen LogP contribution in [0.2, 0.25) is 0 Å². The number of ketones is 1. The maximum atomic E-state index is 11.0.